The minimum atomic E-state index is -0.261. The highest BCUT2D eigenvalue weighted by Gasteiger charge is 2.29. The molecule has 0 unspecified atom stereocenters. The van der Waals surface area contributed by atoms with E-state index in [-0.39, 0.29) is 11.8 Å². The minimum Gasteiger partial charge on any atom is -0.346 e. The van der Waals surface area contributed by atoms with Gasteiger partial charge in [0, 0.05) is 26.2 Å². The quantitative estimate of drug-likeness (QED) is 0.766. The Morgan fingerprint density at radius 3 is 2.78 bits per heavy atom. The third kappa shape index (κ3) is 4.10. The van der Waals surface area contributed by atoms with Gasteiger partial charge < -0.3 is 14.8 Å². The Kier molecular flexibility index (Phi) is 6.06. The summed E-state index contributed by atoms with van der Waals surface area (Å²) in [7, 11) is 0. The van der Waals surface area contributed by atoms with Crippen molar-refractivity contribution in [3.63, 3.8) is 0 Å². The molecule has 0 fully saturated rings. The van der Waals surface area contributed by atoms with Gasteiger partial charge in [-0.1, -0.05) is 36.4 Å². The molecule has 2 amide bonds. The van der Waals surface area contributed by atoms with Crippen LogP contribution in [0.25, 0.3) is 0 Å². The predicted molar refractivity (Wildman–Crippen MR) is 105 cm³/mol. The maximum atomic E-state index is 13.2. The monoisotopic (exact) mass is 366 g/mol. The zero-order chi connectivity index (χ0) is 19.2. The molecule has 2 heterocycles. The van der Waals surface area contributed by atoms with E-state index in [0.717, 1.165) is 37.1 Å². The first-order valence-corrected chi connectivity index (χ1v) is 9.47. The number of rotatable bonds is 7. The Bertz CT molecular complexity index is 826. The summed E-state index contributed by atoms with van der Waals surface area (Å²) in [5.74, 6) is -0.0522. The first kappa shape index (κ1) is 18.9. The fourth-order valence-electron chi connectivity index (χ4n) is 3.41. The van der Waals surface area contributed by atoms with Gasteiger partial charge in [0.25, 0.3) is 11.8 Å². The third-order valence-electron chi connectivity index (χ3n) is 4.82. The highest BCUT2D eigenvalue weighted by molar-refractivity contribution is 5.97. The summed E-state index contributed by atoms with van der Waals surface area (Å²) in [4.78, 5) is 31.9. The molecule has 1 aliphatic rings. The van der Waals surface area contributed by atoms with Gasteiger partial charge in [0.05, 0.1) is 5.69 Å². The van der Waals surface area contributed by atoms with Gasteiger partial charge in [0.1, 0.15) is 5.69 Å². The van der Waals surface area contributed by atoms with Gasteiger partial charge in [-0.15, -0.1) is 6.58 Å². The maximum Gasteiger partial charge on any atom is 0.287 e. The van der Waals surface area contributed by atoms with Crippen LogP contribution in [0, 0.1) is 0 Å². The molecule has 6 nitrogen and oxygen atoms in total. The third-order valence-corrected chi connectivity index (χ3v) is 4.82. The first-order valence-electron chi connectivity index (χ1n) is 9.47. The Morgan fingerprint density at radius 1 is 1.30 bits per heavy atom. The molecule has 0 bridgehead atoms. The molecule has 27 heavy (non-hydrogen) atoms. The van der Waals surface area contributed by atoms with Crippen molar-refractivity contribution < 1.29 is 9.59 Å². The highest BCUT2D eigenvalue weighted by Crippen LogP contribution is 2.23. The standard InChI is InChI=1S/C21H26N4O2/c1-3-13-22-20(26)19-23-18(17-12-8-9-14-25(17)19)21(27)24(4-2)15-16-10-6-5-7-11-16/h3,5-7,10-11H,1,4,8-9,12-15H2,2H3,(H,22,26). The van der Waals surface area contributed by atoms with Crippen LogP contribution in [0.1, 0.15) is 52.1 Å². The zero-order valence-electron chi connectivity index (χ0n) is 15.8. The smallest absolute Gasteiger partial charge is 0.287 e. The van der Waals surface area contributed by atoms with Gasteiger partial charge in [-0.05, 0) is 31.7 Å². The molecule has 142 valence electrons. The van der Waals surface area contributed by atoms with Crippen LogP contribution in [-0.4, -0.2) is 39.4 Å². The van der Waals surface area contributed by atoms with E-state index in [0.29, 0.717) is 31.2 Å². The number of hydrogen-bond acceptors (Lipinski definition) is 3. The average molecular weight is 366 g/mol. The number of nitrogens with one attached hydrogen (secondary N) is 1. The van der Waals surface area contributed by atoms with Crippen LogP contribution in [0.3, 0.4) is 0 Å². The van der Waals surface area contributed by atoms with E-state index in [9.17, 15) is 9.59 Å². The molecule has 1 aromatic heterocycles. The SMILES string of the molecule is C=CCNC(=O)c1nc(C(=O)N(CC)Cc2ccccc2)c2n1CCCC2. The van der Waals surface area contributed by atoms with Crippen molar-refractivity contribution in [2.45, 2.75) is 39.3 Å². The van der Waals surface area contributed by atoms with E-state index in [1.54, 1.807) is 11.0 Å². The Balaban J connectivity index is 1.90. The van der Waals surface area contributed by atoms with Crippen LogP contribution in [0.5, 0.6) is 0 Å². The number of amides is 2. The lowest BCUT2D eigenvalue weighted by Crippen LogP contribution is -2.31. The molecular weight excluding hydrogens is 340 g/mol. The van der Waals surface area contributed by atoms with Crippen molar-refractivity contribution in [2.24, 2.45) is 0 Å². The highest BCUT2D eigenvalue weighted by atomic mass is 16.2. The van der Waals surface area contributed by atoms with Crippen molar-refractivity contribution in [1.29, 1.82) is 0 Å². The predicted octanol–water partition coefficient (Wildman–Crippen LogP) is 2.80. The van der Waals surface area contributed by atoms with Crippen LogP contribution in [0.2, 0.25) is 0 Å². The number of fused-ring (bicyclic) bond motifs is 1. The van der Waals surface area contributed by atoms with E-state index < -0.39 is 0 Å². The van der Waals surface area contributed by atoms with Crippen LogP contribution in [0.15, 0.2) is 43.0 Å². The molecular formula is C21H26N4O2. The van der Waals surface area contributed by atoms with Crippen LogP contribution in [-0.2, 0) is 19.5 Å². The second-order valence-corrected chi connectivity index (χ2v) is 6.64. The van der Waals surface area contributed by atoms with E-state index in [1.807, 2.05) is 41.8 Å². The second-order valence-electron chi connectivity index (χ2n) is 6.64. The lowest BCUT2D eigenvalue weighted by molar-refractivity contribution is 0.0745. The van der Waals surface area contributed by atoms with E-state index in [4.69, 9.17) is 0 Å². The number of imidazole rings is 1. The molecule has 3 rings (SSSR count). The largest absolute Gasteiger partial charge is 0.346 e. The number of hydrogen-bond donors (Lipinski definition) is 1. The zero-order valence-corrected chi connectivity index (χ0v) is 15.8. The van der Waals surface area contributed by atoms with Crippen LogP contribution in [0.4, 0.5) is 0 Å². The topological polar surface area (TPSA) is 67.2 Å². The lowest BCUT2D eigenvalue weighted by atomic mass is 10.1. The lowest BCUT2D eigenvalue weighted by Gasteiger charge is -2.22. The van der Waals surface area contributed by atoms with E-state index >= 15 is 0 Å². The summed E-state index contributed by atoms with van der Waals surface area (Å²) in [5.41, 5.74) is 2.36. The molecule has 0 saturated carbocycles. The molecule has 0 atom stereocenters. The molecule has 6 heteroatoms. The maximum absolute atomic E-state index is 13.2. The molecule has 0 spiro atoms. The fourth-order valence-corrected chi connectivity index (χ4v) is 3.41. The molecule has 1 aromatic carbocycles. The Morgan fingerprint density at radius 2 is 2.07 bits per heavy atom. The normalized spacial score (nSPS) is 12.9. The second kappa shape index (κ2) is 8.66. The van der Waals surface area contributed by atoms with Crippen LogP contribution < -0.4 is 5.32 Å². The van der Waals surface area contributed by atoms with Gasteiger partial charge in [0.15, 0.2) is 5.82 Å². The minimum absolute atomic E-state index is 0.116. The first-order chi connectivity index (χ1) is 13.2. The summed E-state index contributed by atoms with van der Waals surface area (Å²) >= 11 is 0. The van der Waals surface area contributed by atoms with Crippen molar-refractivity contribution >= 4 is 11.8 Å². The summed E-state index contributed by atoms with van der Waals surface area (Å²) in [6.07, 6.45) is 4.39. The van der Waals surface area contributed by atoms with Crippen molar-refractivity contribution in [1.82, 2.24) is 19.8 Å². The molecule has 2 aromatic rings. The molecule has 0 radical (unpaired) electrons. The average Bonchev–Trinajstić information content (AvgIpc) is 3.10. The molecule has 1 aliphatic heterocycles. The fraction of sp³-hybridized carbons (Fsp3) is 0.381. The van der Waals surface area contributed by atoms with Crippen LogP contribution >= 0.6 is 0 Å². The van der Waals surface area contributed by atoms with Gasteiger partial charge in [-0.25, -0.2) is 4.98 Å². The summed E-state index contributed by atoms with van der Waals surface area (Å²) < 4.78 is 1.91. The summed E-state index contributed by atoms with van der Waals surface area (Å²) in [6, 6.07) is 9.91. The number of nitrogens with zero attached hydrogens (tertiary/aromatic N) is 3. The van der Waals surface area contributed by atoms with Gasteiger partial charge in [-0.2, -0.15) is 0 Å². The molecule has 0 aliphatic carbocycles. The number of aromatic nitrogens is 2. The van der Waals surface area contributed by atoms with Gasteiger partial charge >= 0.3 is 0 Å². The van der Waals surface area contributed by atoms with Crippen molar-refractivity contribution in [3.8, 4) is 0 Å². The van der Waals surface area contributed by atoms with E-state index in [2.05, 4.69) is 16.9 Å². The Labute approximate surface area is 159 Å². The Hall–Kier alpha value is -2.89. The summed E-state index contributed by atoms with van der Waals surface area (Å²) in [6.45, 7) is 7.78. The van der Waals surface area contributed by atoms with Crippen molar-refractivity contribution in [3.05, 3.63) is 65.8 Å². The number of carbonyl (C=O) groups excluding carboxylic acids is 2. The van der Waals surface area contributed by atoms with Crippen molar-refractivity contribution in [2.75, 3.05) is 13.1 Å². The van der Waals surface area contributed by atoms with Gasteiger partial charge in [0.2, 0.25) is 0 Å². The van der Waals surface area contributed by atoms with E-state index in [1.165, 1.54) is 0 Å². The number of benzene rings is 1. The van der Waals surface area contributed by atoms with Gasteiger partial charge in [-0.3, -0.25) is 9.59 Å². The summed E-state index contributed by atoms with van der Waals surface area (Å²) in [5, 5.41) is 2.77. The number of carbonyl (C=O) groups is 2. The molecule has 0 saturated heterocycles. The molecule has 1 N–H and O–H groups in total.